The molecule has 0 fully saturated rings. The second kappa shape index (κ2) is 67.8. The average Bonchev–Trinajstić information content (AvgIpc) is 3.46. The molecule has 0 aliphatic carbocycles. The van der Waals surface area contributed by atoms with Crippen LogP contribution in [0.2, 0.25) is 0 Å². The van der Waals surface area contributed by atoms with Gasteiger partial charge >= 0.3 is 17.9 Å². The van der Waals surface area contributed by atoms with Crippen molar-refractivity contribution in [2.24, 2.45) is 0 Å². The molecule has 0 aliphatic heterocycles. The van der Waals surface area contributed by atoms with Gasteiger partial charge < -0.3 is 14.2 Å². The molecule has 0 saturated carbocycles. The normalized spacial score (nSPS) is 12.7. The van der Waals surface area contributed by atoms with E-state index in [1.807, 2.05) is 0 Å². The van der Waals surface area contributed by atoms with Crippen molar-refractivity contribution in [2.45, 2.75) is 341 Å². The highest BCUT2D eigenvalue weighted by atomic mass is 16.6. The van der Waals surface area contributed by atoms with Crippen LogP contribution in [0.25, 0.3) is 0 Å². The molecule has 0 saturated heterocycles. The van der Waals surface area contributed by atoms with Gasteiger partial charge in [-0.25, -0.2) is 0 Å². The fraction of sp³-hybridized carbons (Fsp3) is 0.743. The largest absolute Gasteiger partial charge is 0.462 e. The van der Waals surface area contributed by atoms with E-state index in [0.717, 1.165) is 103 Å². The van der Waals surface area contributed by atoms with Gasteiger partial charge in [0.2, 0.25) is 0 Å². The minimum Gasteiger partial charge on any atom is -0.462 e. The van der Waals surface area contributed by atoms with Crippen molar-refractivity contribution in [3.05, 3.63) is 97.2 Å². The summed E-state index contributed by atoms with van der Waals surface area (Å²) in [5, 5.41) is 0. The summed E-state index contributed by atoms with van der Waals surface area (Å²) in [4.78, 5) is 38.3. The summed E-state index contributed by atoms with van der Waals surface area (Å²) < 4.78 is 16.9. The molecule has 0 spiro atoms. The SMILES string of the molecule is CC/C=C\C/C=C\C/C=C\C/C=C\C/C=C\C/C=C\C/C=C\CCCCCCCCCCCCCC(=O)OCC(COC(=O)CCCCCCCCCCCC)OC(=O)CCCCCCCCCCC/C=C\CCCCCCCC. The lowest BCUT2D eigenvalue weighted by atomic mass is 10.0. The van der Waals surface area contributed by atoms with Crippen LogP contribution in [0, 0.1) is 0 Å². The van der Waals surface area contributed by atoms with Crippen LogP contribution in [-0.2, 0) is 28.6 Å². The van der Waals surface area contributed by atoms with Gasteiger partial charge in [-0.1, -0.05) is 311 Å². The first-order valence-electron chi connectivity index (χ1n) is 34.2. The van der Waals surface area contributed by atoms with E-state index in [-0.39, 0.29) is 31.1 Å². The summed E-state index contributed by atoms with van der Waals surface area (Å²) >= 11 is 0. The Morgan fingerprint density at radius 3 is 0.775 bits per heavy atom. The van der Waals surface area contributed by atoms with E-state index in [9.17, 15) is 14.4 Å². The van der Waals surface area contributed by atoms with Gasteiger partial charge in [-0.2, -0.15) is 0 Å². The molecule has 6 heteroatoms. The number of allylic oxidation sites excluding steroid dienone is 16. The quantitative estimate of drug-likeness (QED) is 0.0261. The molecule has 0 aliphatic rings. The Morgan fingerprint density at radius 2 is 0.487 bits per heavy atom. The number of unbranched alkanes of at least 4 members (excludes halogenated alkanes) is 35. The van der Waals surface area contributed by atoms with E-state index in [1.54, 1.807) is 0 Å². The fourth-order valence-corrected chi connectivity index (χ4v) is 9.71. The zero-order valence-corrected chi connectivity index (χ0v) is 52.8. The third kappa shape index (κ3) is 65.1. The second-order valence-corrected chi connectivity index (χ2v) is 22.7. The maximum absolute atomic E-state index is 12.9. The molecule has 1 unspecified atom stereocenters. The molecule has 0 aromatic rings. The van der Waals surface area contributed by atoms with E-state index >= 15 is 0 Å². The van der Waals surface area contributed by atoms with Gasteiger partial charge in [0, 0.05) is 19.3 Å². The molecular weight excluding hydrogens is 985 g/mol. The smallest absolute Gasteiger partial charge is 0.306 e. The molecule has 80 heavy (non-hydrogen) atoms. The van der Waals surface area contributed by atoms with Crippen LogP contribution in [-0.4, -0.2) is 37.2 Å². The van der Waals surface area contributed by atoms with Gasteiger partial charge in [0.05, 0.1) is 0 Å². The molecule has 0 aromatic carbocycles. The highest BCUT2D eigenvalue weighted by Gasteiger charge is 2.19. The van der Waals surface area contributed by atoms with Crippen LogP contribution in [0.5, 0.6) is 0 Å². The number of esters is 3. The predicted molar refractivity (Wildman–Crippen MR) is 348 cm³/mol. The van der Waals surface area contributed by atoms with E-state index < -0.39 is 6.10 Å². The molecule has 460 valence electrons. The van der Waals surface area contributed by atoms with Gasteiger partial charge in [0.1, 0.15) is 13.2 Å². The van der Waals surface area contributed by atoms with Crippen molar-refractivity contribution in [1.82, 2.24) is 0 Å². The number of carbonyl (C=O) groups excluding carboxylic acids is 3. The standard InChI is InChI=1S/C74H128O6/c1-4-7-10-13-16-19-22-24-26-28-30-31-32-33-34-35-36-37-38-39-40-41-42-43-45-46-48-50-52-55-58-61-64-67-73(76)79-70-71(69-78-72(75)66-63-60-57-54-21-18-15-12-9-6-3)80-74(77)68-65-62-59-56-53-51-49-47-44-29-27-25-23-20-17-14-11-8-5-2/h7,10,16,19,24-27,30-31,33-34,36-37,39-40,71H,4-6,8-9,11-15,17-18,20-23,28-29,32,35,38,41-70H2,1-3H3/b10-7-,19-16-,26-24-,27-25-,31-30-,34-33-,37-36-,40-39-. The van der Waals surface area contributed by atoms with E-state index in [2.05, 4.69) is 118 Å². The maximum Gasteiger partial charge on any atom is 0.306 e. The number of hydrogen-bond acceptors (Lipinski definition) is 6. The van der Waals surface area contributed by atoms with Crippen LogP contribution < -0.4 is 0 Å². The van der Waals surface area contributed by atoms with E-state index in [4.69, 9.17) is 14.2 Å². The van der Waals surface area contributed by atoms with Crippen molar-refractivity contribution < 1.29 is 28.6 Å². The summed E-state index contributed by atoms with van der Waals surface area (Å²) in [5.41, 5.74) is 0. The topological polar surface area (TPSA) is 78.9 Å². The monoisotopic (exact) mass is 1110 g/mol. The lowest BCUT2D eigenvalue weighted by molar-refractivity contribution is -0.167. The van der Waals surface area contributed by atoms with Crippen LogP contribution in [0.3, 0.4) is 0 Å². The fourth-order valence-electron chi connectivity index (χ4n) is 9.71. The summed E-state index contributed by atoms with van der Waals surface area (Å²) in [6.07, 6.45) is 91.5. The molecule has 0 aromatic heterocycles. The molecule has 0 bridgehead atoms. The van der Waals surface area contributed by atoms with Gasteiger partial charge in [0.15, 0.2) is 6.10 Å². The lowest BCUT2D eigenvalue weighted by Gasteiger charge is -2.18. The van der Waals surface area contributed by atoms with Gasteiger partial charge in [-0.3, -0.25) is 14.4 Å². The molecule has 0 rings (SSSR count). The molecule has 1 atom stereocenters. The highest BCUT2D eigenvalue weighted by Crippen LogP contribution is 2.17. The summed E-state index contributed by atoms with van der Waals surface area (Å²) in [6, 6.07) is 0. The van der Waals surface area contributed by atoms with Crippen molar-refractivity contribution in [2.75, 3.05) is 13.2 Å². The number of ether oxygens (including phenoxy) is 3. The zero-order chi connectivity index (χ0) is 57.8. The van der Waals surface area contributed by atoms with E-state index in [0.29, 0.717) is 19.3 Å². The van der Waals surface area contributed by atoms with Gasteiger partial charge in [0.25, 0.3) is 0 Å². The second-order valence-electron chi connectivity index (χ2n) is 22.7. The molecule has 0 N–H and O–H groups in total. The molecular formula is C74H128O6. The van der Waals surface area contributed by atoms with Crippen molar-refractivity contribution in [1.29, 1.82) is 0 Å². The molecule has 0 amide bonds. The first-order chi connectivity index (χ1) is 39.5. The van der Waals surface area contributed by atoms with Crippen LogP contribution in [0.15, 0.2) is 97.2 Å². The highest BCUT2D eigenvalue weighted by molar-refractivity contribution is 5.71. The third-order valence-corrected chi connectivity index (χ3v) is 14.8. The van der Waals surface area contributed by atoms with E-state index in [1.165, 1.54) is 193 Å². The predicted octanol–water partition coefficient (Wildman–Crippen LogP) is 23.6. The van der Waals surface area contributed by atoms with Crippen molar-refractivity contribution >= 4 is 17.9 Å². The minimum absolute atomic E-state index is 0.0746. The molecule has 0 heterocycles. The number of hydrogen-bond donors (Lipinski definition) is 0. The summed E-state index contributed by atoms with van der Waals surface area (Å²) in [7, 11) is 0. The Labute approximate surface area is 496 Å². The minimum atomic E-state index is -0.777. The number of carbonyl (C=O) groups is 3. The Morgan fingerprint density at radius 1 is 0.263 bits per heavy atom. The van der Waals surface area contributed by atoms with Crippen LogP contribution in [0.1, 0.15) is 335 Å². The molecule has 0 radical (unpaired) electrons. The van der Waals surface area contributed by atoms with Crippen molar-refractivity contribution in [3.63, 3.8) is 0 Å². The molecule has 6 nitrogen and oxygen atoms in total. The third-order valence-electron chi connectivity index (χ3n) is 14.8. The van der Waals surface area contributed by atoms with Crippen molar-refractivity contribution in [3.8, 4) is 0 Å². The Bertz CT molecular complexity index is 1560. The Kier molecular flexibility index (Phi) is 64.7. The summed E-state index contributed by atoms with van der Waals surface area (Å²) in [5.74, 6) is -0.868. The van der Waals surface area contributed by atoms with Gasteiger partial charge in [-0.05, 0) is 103 Å². The number of rotatable bonds is 62. The Balaban J connectivity index is 4.18. The lowest BCUT2D eigenvalue weighted by Crippen LogP contribution is -2.30. The Hall–Kier alpha value is -3.67. The van der Waals surface area contributed by atoms with Crippen LogP contribution in [0.4, 0.5) is 0 Å². The van der Waals surface area contributed by atoms with Crippen LogP contribution >= 0.6 is 0 Å². The summed E-state index contributed by atoms with van der Waals surface area (Å²) in [6.45, 7) is 6.54. The van der Waals surface area contributed by atoms with Gasteiger partial charge in [-0.15, -0.1) is 0 Å². The maximum atomic E-state index is 12.9. The average molecular weight is 1110 g/mol. The zero-order valence-electron chi connectivity index (χ0n) is 52.8. The first kappa shape index (κ1) is 76.3. The first-order valence-corrected chi connectivity index (χ1v) is 34.2.